The standard InChI is InChI=1S/C15H9BrF4/c16-13-4-2-1-3-11(13)9-14(17)10-5-7-12(8-6-10)15(18,19)20/h1-9H/b14-9-. The van der Waals surface area contributed by atoms with E-state index >= 15 is 0 Å². The van der Waals surface area contributed by atoms with Gasteiger partial charge in [-0.2, -0.15) is 13.2 Å². The van der Waals surface area contributed by atoms with Crippen LogP contribution in [0.3, 0.4) is 0 Å². The highest BCUT2D eigenvalue weighted by atomic mass is 79.9. The van der Waals surface area contributed by atoms with Crippen LogP contribution in [0.4, 0.5) is 17.6 Å². The Morgan fingerprint density at radius 2 is 1.55 bits per heavy atom. The maximum absolute atomic E-state index is 14.0. The van der Waals surface area contributed by atoms with Crippen LogP contribution in [0, 0.1) is 0 Å². The SMILES string of the molecule is F/C(=C\c1ccccc1Br)c1ccc(C(F)(F)F)cc1. The molecule has 0 fully saturated rings. The van der Waals surface area contributed by atoms with E-state index in [4.69, 9.17) is 0 Å². The average Bonchev–Trinajstić information content (AvgIpc) is 2.40. The molecule has 0 aliphatic carbocycles. The van der Waals surface area contributed by atoms with Crippen molar-refractivity contribution >= 4 is 27.8 Å². The first-order chi connectivity index (χ1) is 9.38. The van der Waals surface area contributed by atoms with E-state index in [1.54, 1.807) is 24.3 Å². The minimum absolute atomic E-state index is 0.105. The largest absolute Gasteiger partial charge is 0.416 e. The van der Waals surface area contributed by atoms with Crippen molar-refractivity contribution in [3.05, 3.63) is 69.7 Å². The number of benzene rings is 2. The van der Waals surface area contributed by atoms with Crippen LogP contribution in [0.5, 0.6) is 0 Å². The van der Waals surface area contributed by atoms with E-state index in [0.29, 0.717) is 10.0 Å². The second-order valence-corrected chi connectivity index (χ2v) is 4.94. The van der Waals surface area contributed by atoms with Gasteiger partial charge in [0.2, 0.25) is 0 Å². The van der Waals surface area contributed by atoms with Crippen LogP contribution < -0.4 is 0 Å². The summed E-state index contributed by atoms with van der Waals surface area (Å²) in [4.78, 5) is 0. The Bertz CT molecular complexity index is 627. The highest BCUT2D eigenvalue weighted by Gasteiger charge is 2.30. The third kappa shape index (κ3) is 3.48. The quantitative estimate of drug-likeness (QED) is 0.467. The monoisotopic (exact) mass is 344 g/mol. The summed E-state index contributed by atoms with van der Waals surface area (Å²) in [5, 5.41) is 0. The van der Waals surface area contributed by atoms with Gasteiger partial charge in [-0.15, -0.1) is 0 Å². The van der Waals surface area contributed by atoms with Crippen LogP contribution in [-0.2, 0) is 6.18 Å². The summed E-state index contributed by atoms with van der Waals surface area (Å²) in [6, 6.07) is 11.0. The minimum Gasteiger partial charge on any atom is -0.206 e. The Morgan fingerprint density at radius 1 is 0.950 bits per heavy atom. The zero-order valence-electron chi connectivity index (χ0n) is 10.1. The average molecular weight is 345 g/mol. The number of alkyl halides is 3. The molecule has 0 bridgehead atoms. The first-order valence-electron chi connectivity index (χ1n) is 5.67. The normalized spacial score (nSPS) is 12.6. The van der Waals surface area contributed by atoms with Gasteiger partial charge in [-0.05, 0) is 29.8 Å². The summed E-state index contributed by atoms with van der Waals surface area (Å²) in [5.41, 5.74) is -0.0754. The predicted molar refractivity (Wildman–Crippen MR) is 74.6 cm³/mol. The van der Waals surface area contributed by atoms with Crippen molar-refractivity contribution in [2.75, 3.05) is 0 Å². The van der Waals surface area contributed by atoms with E-state index in [-0.39, 0.29) is 5.56 Å². The van der Waals surface area contributed by atoms with Gasteiger partial charge in [0.05, 0.1) is 5.56 Å². The van der Waals surface area contributed by atoms with Crippen LogP contribution in [0.15, 0.2) is 53.0 Å². The molecule has 0 N–H and O–H groups in total. The molecule has 0 aromatic heterocycles. The van der Waals surface area contributed by atoms with Gasteiger partial charge in [-0.1, -0.05) is 46.3 Å². The minimum atomic E-state index is -4.42. The third-order valence-electron chi connectivity index (χ3n) is 2.68. The highest BCUT2D eigenvalue weighted by molar-refractivity contribution is 9.10. The van der Waals surface area contributed by atoms with Gasteiger partial charge in [0.15, 0.2) is 0 Å². The molecule has 0 radical (unpaired) electrons. The van der Waals surface area contributed by atoms with Gasteiger partial charge in [-0.25, -0.2) is 4.39 Å². The van der Waals surface area contributed by atoms with Crippen LogP contribution in [0.1, 0.15) is 16.7 Å². The lowest BCUT2D eigenvalue weighted by Crippen LogP contribution is -2.04. The van der Waals surface area contributed by atoms with Crippen molar-refractivity contribution in [1.82, 2.24) is 0 Å². The van der Waals surface area contributed by atoms with Crippen LogP contribution in [-0.4, -0.2) is 0 Å². The van der Waals surface area contributed by atoms with Crippen LogP contribution in [0.2, 0.25) is 0 Å². The summed E-state index contributed by atoms with van der Waals surface area (Å²) in [5.74, 6) is -0.592. The summed E-state index contributed by atoms with van der Waals surface area (Å²) < 4.78 is 51.9. The summed E-state index contributed by atoms with van der Waals surface area (Å²) in [6.07, 6.45) is -3.14. The van der Waals surface area contributed by atoms with Gasteiger partial charge >= 0.3 is 6.18 Å². The number of hydrogen-bond acceptors (Lipinski definition) is 0. The number of rotatable bonds is 2. The molecule has 0 nitrogen and oxygen atoms in total. The van der Waals surface area contributed by atoms with Crippen molar-refractivity contribution in [3.63, 3.8) is 0 Å². The molecule has 0 heterocycles. The maximum atomic E-state index is 14.0. The molecule has 0 saturated carbocycles. The predicted octanol–water partition coefficient (Wildman–Crippen LogP) is 5.94. The van der Waals surface area contributed by atoms with Gasteiger partial charge < -0.3 is 0 Å². The molecule has 0 saturated heterocycles. The molecule has 0 spiro atoms. The molecule has 20 heavy (non-hydrogen) atoms. The summed E-state index contributed by atoms with van der Waals surface area (Å²) in [7, 11) is 0. The van der Waals surface area contributed by atoms with Crippen LogP contribution in [0.25, 0.3) is 11.9 Å². The summed E-state index contributed by atoms with van der Waals surface area (Å²) >= 11 is 3.28. The molecule has 0 aliphatic heterocycles. The second kappa shape index (κ2) is 5.79. The second-order valence-electron chi connectivity index (χ2n) is 4.09. The fourth-order valence-corrected chi connectivity index (χ4v) is 2.03. The Labute approximate surface area is 121 Å². The Kier molecular flexibility index (Phi) is 4.28. The lowest BCUT2D eigenvalue weighted by molar-refractivity contribution is -0.137. The van der Waals surface area contributed by atoms with Crippen LogP contribution >= 0.6 is 15.9 Å². The molecule has 0 unspecified atom stereocenters. The molecule has 2 aromatic rings. The lowest BCUT2D eigenvalue weighted by atomic mass is 10.1. The van der Waals surface area contributed by atoms with E-state index in [9.17, 15) is 17.6 Å². The van der Waals surface area contributed by atoms with Gasteiger partial charge in [0.25, 0.3) is 0 Å². The van der Waals surface area contributed by atoms with Crippen molar-refractivity contribution in [2.24, 2.45) is 0 Å². The Balaban J connectivity index is 2.30. The third-order valence-corrected chi connectivity index (χ3v) is 3.40. The zero-order valence-corrected chi connectivity index (χ0v) is 11.7. The topological polar surface area (TPSA) is 0 Å². The van der Waals surface area contributed by atoms with E-state index in [1.165, 1.54) is 6.08 Å². The molecule has 5 heteroatoms. The molecule has 0 aliphatic rings. The Morgan fingerprint density at radius 3 is 2.10 bits per heavy atom. The Hall–Kier alpha value is -1.62. The molecular weight excluding hydrogens is 336 g/mol. The van der Waals surface area contributed by atoms with Crippen molar-refractivity contribution in [2.45, 2.75) is 6.18 Å². The lowest BCUT2D eigenvalue weighted by Gasteiger charge is -2.07. The van der Waals surface area contributed by atoms with Crippen molar-refractivity contribution in [3.8, 4) is 0 Å². The maximum Gasteiger partial charge on any atom is 0.416 e. The summed E-state index contributed by atoms with van der Waals surface area (Å²) in [6.45, 7) is 0. The number of halogens is 5. The molecule has 0 atom stereocenters. The molecule has 2 aromatic carbocycles. The van der Waals surface area contributed by atoms with E-state index in [0.717, 1.165) is 24.3 Å². The molecule has 0 amide bonds. The molecular formula is C15H9BrF4. The molecule has 104 valence electrons. The molecule has 2 rings (SSSR count). The van der Waals surface area contributed by atoms with E-state index in [1.807, 2.05) is 0 Å². The van der Waals surface area contributed by atoms with E-state index in [2.05, 4.69) is 15.9 Å². The van der Waals surface area contributed by atoms with Gasteiger partial charge in [0, 0.05) is 10.0 Å². The first kappa shape index (κ1) is 14.8. The fourth-order valence-electron chi connectivity index (χ4n) is 1.63. The van der Waals surface area contributed by atoms with Gasteiger partial charge in [-0.3, -0.25) is 0 Å². The van der Waals surface area contributed by atoms with E-state index < -0.39 is 17.6 Å². The number of hydrogen-bond donors (Lipinski definition) is 0. The highest BCUT2D eigenvalue weighted by Crippen LogP contribution is 2.31. The van der Waals surface area contributed by atoms with Crippen molar-refractivity contribution in [1.29, 1.82) is 0 Å². The van der Waals surface area contributed by atoms with Gasteiger partial charge in [0.1, 0.15) is 5.83 Å². The zero-order chi connectivity index (χ0) is 14.8. The fraction of sp³-hybridized carbons (Fsp3) is 0.0667. The van der Waals surface area contributed by atoms with Crippen molar-refractivity contribution < 1.29 is 17.6 Å². The first-order valence-corrected chi connectivity index (χ1v) is 6.46. The smallest absolute Gasteiger partial charge is 0.206 e.